The lowest BCUT2D eigenvalue weighted by Crippen LogP contribution is -2.29. The fourth-order valence-corrected chi connectivity index (χ4v) is 4.29. The number of carbonyl (C=O) groups is 2. The Morgan fingerprint density at radius 2 is 1.56 bits per heavy atom. The summed E-state index contributed by atoms with van der Waals surface area (Å²) in [6, 6.07) is 16.1. The van der Waals surface area contributed by atoms with Gasteiger partial charge < -0.3 is 14.8 Å². The second kappa shape index (κ2) is 11.7. The zero-order valence-corrected chi connectivity index (χ0v) is 21.0. The van der Waals surface area contributed by atoms with E-state index >= 15 is 0 Å². The minimum Gasteiger partial charge on any atom is -0.494 e. The number of benzene rings is 3. The number of ether oxygens (including phenoxy) is 2. The van der Waals surface area contributed by atoms with Gasteiger partial charge >= 0.3 is 5.97 Å². The van der Waals surface area contributed by atoms with Crippen molar-refractivity contribution in [1.29, 1.82) is 0 Å². The number of hydrogen-bond donors (Lipinski definition) is 1. The summed E-state index contributed by atoms with van der Waals surface area (Å²) in [6.07, 6.45) is 1.05. The number of esters is 1. The zero-order valence-electron chi connectivity index (χ0n) is 20.2. The van der Waals surface area contributed by atoms with E-state index in [4.69, 9.17) is 9.47 Å². The van der Waals surface area contributed by atoms with Crippen LogP contribution in [0.3, 0.4) is 0 Å². The Labute approximate surface area is 209 Å². The monoisotopic (exact) mass is 514 g/mol. The molecule has 0 unspecified atom stereocenters. The number of rotatable bonds is 10. The number of sulfonamides is 1. The van der Waals surface area contributed by atoms with E-state index in [2.05, 4.69) is 5.32 Å². The summed E-state index contributed by atoms with van der Waals surface area (Å²) in [7, 11) is -3.74. The summed E-state index contributed by atoms with van der Waals surface area (Å²) in [5, 5.41) is 2.75. The van der Waals surface area contributed by atoms with E-state index in [1.54, 1.807) is 56.3 Å². The molecule has 0 aromatic heterocycles. The van der Waals surface area contributed by atoms with Crippen molar-refractivity contribution < 1.29 is 31.9 Å². The Morgan fingerprint density at radius 1 is 0.917 bits per heavy atom. The van der Waals surface area contributed by atoms with Crippen LogP contribution in [0.4, 0.5) is 15.8 Å². The van der Waals surface area contributed by atoms with E-state index < -0.39 is 27.7 Å². The molecule has 10 heteroatoms. The average Bonchev–Trinajstić information content (AvgIpc) is 2.84. The molecule has 0 aliphatic rings. The molecule has 0 spiro atoms. The molecule has 0 fully saturated rings. The zero-order chi connectivity index (χ0) is 26.3. The molecule has 3 rings (SSSR count). The van der Waals surface area contributed by atoms with Gasteiger partial charge in [-0.25, -0.2) is 17.6 Å². The maximum Gasteiger partial charge on any atom is 0.338 e. The van der Waals surface area contributed by atoms with E-state index in [-0.39, 0.29) is 24.4 Å². The second-order valence-corrected chi connectivity index (χ2v) is 9.66. The van der Waals surface area contributed by atoms with Crippen molar-refractivity contribution in [2.24, 2.45) is 0 Å². The van der Waals surface area contributed by atoms with Crippen LogP contribution < -0.4 is 14.4 Å². The standard InChI is InChI=1S/C26H27FN2O6S/c1-4-34-24-15-8-19(25(30)28-22-11-6-18(7-12-22)26(31)35-5-2)16-20(24)17-29(36(3,32)33)23-13-9-21(27)10-14-23/h6-16H,4-5,17H2,1-3H3,(H,28,30). The van der Waals surface area contributed by atoms with Crippen LogP contribution >= 0.6 is 0 Å². The predicted molar refractivity (Wildman–Crippen MR) is 135 cm³/mol. The molecule has 3 aromatic carbocycles. The van der Waals surface area contributed by atoms with Crippen molar-refractivity contribution in [3.8, 4) is 5.75 Å². The summed E-state index contributed by atoms with van der Waals surface area (Å²) in [6.45, 7) is 3.97. The van der Waals surface area contributed by atoms with Gasteiger partial charge in [0.25, 0.3) is 5.91 Å². The Morgan fingerprint density at radius 3 is 2.14 bits per heavy atom. The predicted octanol–water partition coefficient (Wildman–Crippen LogP) is 4.62. The van der Waals surface area contributed by atoms with Gasteiger partial charge in [0, 0.05) is 16.8 Å². The number of carbonyl (C=O) groups excluding carboxylic acids is 2. The molecule has 1 amide bonds. The summed E-state index contributed by atoms with van der Waals surface area (Å²) in [5.41, 5.74) is 1.83. The highest BCUT2D eigenvalue weighted by Gasteiger charge is 2.21. The van der Waals surface area contributed by atoms with Gasteiger partial charge in [-0.05, 0) is 80.6 Å². The molecule has 1 N–H and O–H groups in total. The van der Waals surface area contributed by atoms with Crippen LogP contribution in [0.25, 0.3) is 0 Å². The van der Waals surface area contributed by atoms with E-state index in [0.29, 0.717) is 29.2 Å². The molecular formula is C26H27FN2O6S. The molecule has 36 heavy (non-hydrogen) atoms. The maximum absolute atomic E-state index is 13.4. The molecule has 0 heterocycles. The van der Waals surface area contributed by atoms with Crippen molar-refractivity contribution in [3.05, 3.63) is 89.2 Å². The highest BCUT2D eigenvalue weighted by atomic mass is 32.2. The van der Waals surface area contributed by atoms with Crippen LogP contribution in [0.15, 0.2) is 66.7 Å². The highest BCUT2D eigenvalue weighted by Crippen LogP contribution is 2.27. The van der Waals surface area contributed by atoms with Crippen LogP contribution in [0.1, 0.15) is 40.1 Å². The summed E-state index contributed by atoms with van der Waals surface area (Å²) in [5.74, 6) is -0.959. The van der Waals surface area contributed by atoms with Gasteiger partial charge in [-0.1, -0.05) is 0 Å². The molecule has 0 aliphatic carbocycles. The van der Waals surface area contributed by atoms with Crippen LogP contribution in [-0.2, 0) is 21.3 Å². The van der Waals surface area contributed by atoms with Crippen LogP contribution in [0, 0.1) is 5.82 Å². The van der Waals surface area contributed by atoms with E-state index in [1.807, 2.05) is 0 Å². The number of hydrogen-bond acceptors (Lipinski definition) is 6. The molecule has 0 bridgehead atoms. The quantitative estimate of drug-likeness (QED) is 0.396. The van der Waals surface area contributed by atoms with Gasteiger partial charge in [-0.15, -0.1) is 0 Å². The third-order valence-electron chi connectivity index (χ3n) is 5.11. The third-order valence-corrected chi connectivity index (χ3v) is 6.25. The molecule has 0 radical (unpaired) electrons. The van der Waals surface area contributed by atoms with Gasteiger partial charge in [0.05, 0.1) is 37.3 Å². The lowest BCUT2D eigenvalue weighted by molar-refractivity contribution is 0.0526. The van der Waals surface area contributed by atoms with Gasteiger partial charge in [0.2, 0.25) is 10.0 Å². The number of anilines is 2. The SMILES string of the molecule is CCOC(=O)c1ccc(NC(=O)c2ccc(OCC)c(CN(c3ccc(F)cc3)S(C)(=O)=O)c2)cc1. The maximum atomic E-state index is 13.4. The van der Waals surface area contributed by atoms with E-state index in [9.17, 15) is 22.4 Å². The number of amides is 1. The van der Waals surface area contributed by atoms with Crippen molar-refractivity contribution >= 4 is 33.3 Å². The lowest BCUT2D eigenvalue weighted by Gasteiger charge is -2.24. The van der Waals surface area contributed by atoms with Gasteiger partial charge in [0.1, 0.15) is 11.6 Å². The third kappa shape index (κ3) is 6.82. The van der Waals surface area contributed by atoms with Crippen molar-refractivity contribution in [1.82, 2.24) is 0 Å². The van der Waals surface area contributed by atoms with Crippen molar-refractivity contribution in [2.75, 3.05) is 29.1 Å². The first kappa shape index (κ1) is 26.7. The van der Waals surface area contributed by atoms with Crippen LogP contribution in [-0.4, -0.2) is 39.8 Å². The number of nitrogens with zero attached hydrogens (tertiary/aromatic N) is 1. The molecule has 0 saturated heterocycles. The molecular weight excluding hydrogens is 487 g/mol. The van der Waals surface area contributed by atoms with Gasteiger partial charge in [0.15, 0.2) is 0 Å². The Kier molecular flexibility index (Phi) is 8.65. The normalized spacial score (nSPS) is 11.0. The van der Waals surface area contributed by atoms with Gasteiger partial charge in [-0.2, -0.15) is 0 Å². The smallest absolute Gasteiger partial charge is 0.338 e. The minimum atomic E-state index is -3.74. The fourth-order valence-electron chi connectivity index (χ4n) is 3.41. The minimum absolute atomic E-state index is 0.130. The first-order valence-electron chi connectivity index (χ1n) is 11.2. The molecule has 190 valence electrons. The fraction of sp³-hybridized carbons (Fsp3) is 0.231. The first-order valence-corrected chi connectivity index (χ1v) is 13.0. The Balaban J connectivity index is 1.87. The number of nitrogens with one attached hydrogen (secondary N) is 1. The van der Waals surface area contributed by atoms with Gasteiger partial charge in [-0.3, -0.25) is 9.10 Å². The summed E-state index contributed by atoms with van der Waals surface area (Å²) < 4.78 is 50.2. The van der Waals surface area contributed by atoms with E-state index in [1.165, 1.54) is 24.3 Å². The molecule has 0 saturated carbocycles. The first-order chi connectivity index (χ1) is 17.1. The molecule has 0 aliphatic heterocycles. The van der Waals surface area contributed by atoms with E-state index in [0.717, 1.165) is 10.6 Å². The second-order valence-electron chi connectivity index (χ2n) is 7.75. The average molecular weight is 515 g/mol. The van der Waals surface area contributed by atoms with Crippen molar-refractivity contribution in [2.45, 2.75) is 20.4 Å². The Hall–Kier alpha value is -3.92. The number of halogens is 1. The molecule has 8 nitrogen and oxygen atoms in total. The highest BCUT2D eigenvalue weighted by molar-refractivity contribution is 7.92. The van der Waals surface area contributed by atoms with Crippen LogP contribution in [0.5, 0.6) is 5.75 Å². The topological polar surface area (TPSA) is 102 Å². The summed E-state index contributed by atoms with van der Waals surface area (Å²) in [4.78, 5) is 24.7. The molecule has 0 atom stereocenters. The largest absolute Gasteiger partial charge is 0.494 e. The van der Waals surface area contributed by atoms with Crippen molar-refractivity contribution in [3.63, 3.8) is 0 Å². The Bertz CT molecular complexity index is 1330. The summed E-state index contributed by atoms with van der Waals surface area (Å²) >= 11 is 0. The molecule has 3 aromatic rings. The van der Waals surface area contributed by atoms with Crippen LogP contribution in [0.2, 0.25) is 0 Å². The lowest BCUT2D eigenvalue weighted by atomic mass is 10.1.